The van der Waals surface area contributed by atoms with Crippen LogP contribution in [0.3, 0.4) is 0 Å². The molecule has 6 heteroatoms. The SMILES string of the molecule is Cc1ccc(-c2cc3nc(C(=O)O)cn3c(=O)[nH]2)cc1C. The van der Waals surface area contributed by atoms with Crippen molar-refractivity contribution in [3.63, 3.8) is 0 Å². The number of hydrogen-bond acceptors (Lipinski definition) is 3. The van der Waals surface area contributed by atoms with Gasteiger partial charge in [-0.2, -0.15) is 0 Å². The van der Waals surface area contributed by atoms with Gasteiger partial charge < -0.3 is 10.1 Å². The Morgan fingerprint density at radius 1 is 1.24 bits per heavy atom. The van der Waals surface area contributed by atoms with E-state index in [1.807, 2.05) is 32.0 Å². The Morgan fingerprint density at radius 3 is 2.67 bits per heavy atom. The summed E-state index contributed by atoms with van der Waals surface area (Å²) >= 11 is 0. The average molecular weight is 283 g/mol. The lowest BCUT2D eigenvalue weighted by Crippen LogP contribution is -2.15. The minimum atomic E-state index is -1.16. The number of carboxylic acid groups (broad SMARTS) is 1. The number of H-pyrrole nitrogens is 1. The van der Waals surface area contributed by atoms with Gasteiger partial charge in [-0.25, -0.2) is 14.6 Å². The molecule has 2 heterocycles. The van der Waals surface area contributed by atoms with Crippen LogP contribution in [-0.2, 0) is 0 Å². The number of benzene rings is 1. The third-order valence-corrected chi connectivity index (χ3v) is 3.50. The Hall–Kier alpha value is -2.89. The topological polar surface area (TPSA) is 87.5 Å². The minimum absolute atomic E-state index is 0.155. The number of imidazole rings is 1. The molecule has 0 atom stereocenters. The monoisotopic (exact) mass is 283 g/mol. The van der Waals surface area contributed by atoms with Gasteiger partial charge in [0.05, 0.1) is 5.69 Å². The number of carboxylic acids is 1. The maximum Gasteiger partial charge on any atom is 0.356 e. The number of carbonyl (C=O) groups is 1. The Labute approximate surface area is 119 Å². The second-order valence-electron chi connectivity index (χ2n) is 4.95. The third kappa shape index (κ3) is 2.20. The third-order valence-electron chi connectivity index (χ3n) is 3.50. The van der Waals surface area contributed by atoms with E-state index < -0.39 is 11.7 Å². The predicted octanol–water partition coefficient (Wildman–Crippen LogP) is 2.00. The summed E-state index contributed by atoms with van der Waals surface area (Å²) < 4.78 is 1.19. The summed E-state index contributed by atoms with van der Waals surface area (Å²) in [5.74, 6) is -1.16. The van der Waals surface area contributed by atoms with Gasteiger partial charge in [0.2, 0.25) is 0 Å². The molecule has 0 fully saturated rings. The lowest BCUT2D eigenvalue weighted by molar-refractivity contribution is 0.0691. The molecule has 0 unspecified atom stereocenters. The quantitative estimate of drug-likeness (QED) is 0.753. The van der Waals surface area contributed by atoms with Gasteiger partial charge in [-0.1, -0.05) is 12.1 Å². The van der Waals surface area contributed by atoms with Crippen molar-refractivity contribution in [1.29, 1.82) is 0 Å². The number of fused-ring (bicyclic) bond motifs is 1. The predicted molar refractivity (Wildman–Crippen MR) is 77.7 cm³/mol. The molecule has 2 aromatic heterocycles. The van der Waals surface area contributed by atoms with E-state index in [2.05, 4.69) is 9.97 Å². The first-order chi connectivity index (χ1) is 9.95. The van der Waals surface area contributed by atoms with E-state index in [1.54, 1.807) is 6.07 Å². The lowest BCUT2D eigenvalue weighted by atomic mass is 10.0. The normalized spacial score (nSPS) is 11.0. The largest absolute Gasteiger partial charge is 0.476 e. The highest BCUT2D eigenvalue weighted by molar-refractivity contribution is 5.86. The van der Waals surface area contributed by atoms with Crippen molar-refractivity contribution >= 4 is 11.6 Å². The standard InChI is InChI=1S/C15H13N3O3/c1-8-3-4-10(5-9(8)2)11-6-13-16-12(14(19)20)7-18(13)15(21)17-11/h3-7H,1-2H3,(H,17,21)(H,19,20). The zero-order valence-electron chi connectivity index (χ0n) is 11.5. The van der Waals surface area contributed by atoms with Crippen molar-refractivity contribution in [1.82, 2.24) is 14.4 Å². The Balaban J connectivity index is 2.22. The van der Waals surface area contributed by atoms with E-state index in [0.29, 0.717) is 11.3 Å². The van der Waals surface area contributed by atoms with Gasteiger partial charge in [-0.15, -0.1) is 0 Å². The van der Waals surface area contributed by atoms with Crippen LogP contribution in [-0.4, -0.2) is 25.4 Å². The first-order valence-corrected chi connectivity index (χ1v) is 6.39. The number of nitrogens with zero attached hydrogens (tertiary/aromatic N) is 2. The molecule has 21 heavy (non-hydrogen) atoms. The van der Waals surface area contributed by atoms with Gasteiger partial charge >= 0.3 is 11.7 Å². The highest BCUT2D eigenvalue weighted by Crippen LogP contribution is 2.20. The van der Waals surface area contributed by atoms with Gasteiger partial charge in [0.15, 0.2) is 5.69 Å². The van der Waals surface area contributed by atoms with Crippen molar-refractivity contribution in [3.05, 3.63) is 57.8 Å². The maximum absolute atomic E-state index is 12.0. The van der Waals surface area contributed by atoms with Crippen LogP contribution in [0, 0.1) is 13.8 Å². The number of aryl methyl sites for hydroxylation is 2. The van der Waals surface area contributed by atoms with Gasteiger partial charge in [0.25, 0.3) is 0 Å². The van der Waals surface area contributed by atoms with Crippen LogP contribution >= 0.6 is 0 Å². The Bertz CT molecular complexity index is 922. The van der Waals surface area contributed by atoms with Gasteiger partial charge in [-0.3, -0.25) is 4.40 Å². The first-order valence-electron chi connectivity index (χ1n) is 6.39. The lowest BCUT2D eigenvalue weighted by Gasteiger charge is -2.05. The summed E-state index contributed by atoms with van der Waals surface area (Å²) in [5, 5.41) is 8.94. The second kappa shape index (κ2) is 4.59. The molecule has 0 aliphatic rings. The van der Waals surface area contributed by atoms with Crippen molar-refractivity contribution in [2.24, 2.45) is 0 Å². The van der Waals surface area contributed by atoms with Crippen LogP contribution in [0.5, 0.6) is 0 Å². The van der Waals surface area contributed by atoms with Gasteiger partial charge in [0, 0.05) is 12.3 Å². The molecule has 0 saturated carbocycles. The van der Waals surface area contributed by atoms with Crippen LogP contribution in [0.4, 0.5) is 0 Å². The fourth-order valence-corrected chi connectivity index (χ4v) is 2.17. The number of aromatic carboxylic acids is 1. The van der Waals surface area contributed by atoms with E-state index in [9.17, 15) is 9.59 Å². The van der Waals surface area contributed by atoms with Crippen LogP contribution in [0.1, 0.15) is 21.6 Å². The molecule has 3 aromatic rings. The second-order valence-corrected chi connectivity index (χ2v) is 4.95. The fraction of sp³-hybridized carbons (Fsp3) is 0.133. The summed E-state index contributed by atoms with van der Waals surface area (Å²) in [4.78, 5) is 29.6. The molecule has 3 rings (SSSR count). The van der Waals surface area contributed by atoms with Crippen LogP contribution in [0.15, 0.2) is 35.3 Å². The number of aromatic amines is 1. The van der Waals surface area contributed by atoms with Crippen molar-refractivity contribution in [3.8, 4) is 11.3 Å². The highest BCUT2D eigenvalue weighted by atomic mass is 16.4. The summed E-state index contributed by atoms with van der Waals surface area (Å²) in [6.45, 7) is 4.01. The van der Waals surface area contributed by atoms with Crippen LogP contribution in [0.25, 0.3) is 16.9 Å². The minimum Gasteiger partial charge on any atom is -0.476 e. The van der Waals surface area contributed by atoms with E-state index in [4.69, 9.17) is 5.11 Å². The molecule has 1 aromatic carbocycles. The van der Waals surface area contributed by atoms with E-state index >= 15 is 0 Å². The van der Waals surface area contributed by atoms with Crippen molar-refractivity contribution < 1.29 is 9.90 Å². The van der Waals surface area contributed by atoms with E-state index in [0.717, 1.165) is 16.7 Å². The number of rotatable bonds is 2. The fourth-order valence-electron chi connectivity index (χ4n) is 2.17. The summed E-state index contributed by atoms with van der Waals surface area (Å²) in [6.07, 6.45) is 1.21. The molecule has 2 N–H and O–H groups in total. The molecule has 0 bridgehead atoms. The molecule has 0 aliphatic carbocycles. The molecule has 0 saturated heterocycles. The van der Waals surface area contributed by atoms with Gasteiger partial charge in [-0.05, 0) is 36.6 Å². The Morgan fingerprint density at radius 2 is 2.00 bits per heavy atom. The molecular weight excluding hydrogens is 270 g/mol. The molecule has 6 nitrogen and oxygen atoms in total. The number of hydrogen-bond donors (Lipinski definition) is 2. The van der Waals surface area contributed by atoms with Crippen LogP contribution < -0.4 is 5.69 Å². The molecule has 0 aliphatic heterocycles. The highest BCUT2D eigenvalue weighted by Gasteiger charge is 2.12. The van der Waals surface area contributed by atoms with E-state index in [-0.39, 0.29) is 5.69 Å². The van der Waals surface area contributed by atoms with E-state index in [1.165, 1.54) is 10.6 Å². The number of aromatic nitrogens is 3. The van der Waals surface area contributed by atoms with Crippen molar-refractivity contribution in [2.45, 2.75) is 13.8 Å². The smallest absolute Gasteiger partial charge is 0.356 e. The molecular formula is C15H13N3O3. The van der Waals surface area contributed by atoms with Crippen molar-refractivity contribution in [2.75, 3.05) is 0 Å². The van der Waals surface area contributed by atoms with Gasteiger partial charge in [0.1, 0.15) is 5.65 Å². The summed E-state index contributed by atoms with van der Waals surface area (Å²) in [7, 11) is 0. The zero-order valence-corrected chi connectivity index (χ0v) is 11.5. The first kappa shape index (κ1) is 13.1. The zero-order chi connectivity index (χ0) is 15.1. The molecule has 0 spiro atoms. The summed E-state index contributed by atoms with van der Waals surface area (Å²) in [6, 6.07) is 7.52. The Kier molecular flexibility index (Phi) is 2.86. The summed E-state index contributed by atoms with van der Waals surface area (Å²) in [5.41, 5.74) is 3.48. The molecule has 106 valence electrons. The van der Waals surface area contributed by atoms with Crippen LogP contribution in [0.2, 0.25) is 0 Å². The number of nitrogens with one attached hydrogen (secondary N) is 1. The molecule has 0 amide bonds. The average Bonchev–Trinajstić information content (AvgIpc) is 2.86. The maximum atomic E-state index is 12.0. The molecule has 0 radical (unpaired) electrons.